The van der Waals surface area contributed by atoms with E-state index in [2.05, 4.69) is 10.1 Å². The molecule has 0 radical (unpaired) electrons. The van der Waals surface area contributed by atoms with Crippen LogP contribution in [0.2, 0.25) is 0 Å². The molecule has 0 aliphatic carbocycles. The highest BCUT2D eigenvalue weighted by Crippen LogP contribution is 2.29. The quantitative estimate of drug-likeness (QED) is 0.720. The van der Waals surface area contributed by atoms with E-state index in [9.17, 15) is 8.78 Å². The third kappa shape index (κ3) is 6.73. The molecule has 0 amide bonds. The van der Waals surface area contributed by atoms with Crippen molar-refractivity contribution in [2.75, 3.05) is 19.8 Å². The first-order valence-corrected chi connectivity index (χ1v) is 7.09. The van der Waals surface area contributed by atoms with Gasteiger partial charge < -0.3 is 19.5 Å². The van der Waals surface area contributed by atoms with Gasteiger partial charge in [-0.25, -0.2) is 0 Å². The SMILES string of the molecule is CCOc1cc(CNCC(C)OCC)ccc1OC(F)F. The zero-order chi connectivity index (χ0) is 15.7. The van der Waals surface area contributed by atoms with Gasteiger partial charge in [0.1, 0.15) is 0 Å². The van der Waals surface area contributed by atoms with E-state index < -0.39 is 6.61 Å². The monoisotopic (exact) mass is 303 g/mol. The highest BCUT2D eigenvalue weighted by atomic mass is 19.3. The van der Waals surface area contributed by atoms with Crippen LogP contribution in [0.15, 0.2) is 18.2 Å². The van der Waals surface area contributed by atoms with E-state index in [1.54, 1.807) is 19.1 Å². The van der Waals surface area contributed by atoms with Crippen molar-refractivity contribution in [3.05, 3.63) is 23.8 Å². The third-order valence-electron chi connectivity index (χ3n) is 2.74. The first-order valence-electron chi connectivity index (χ1n) is 7.09. The summed E-state index contributed by atoms with van der Waals surface area (Å²) in [6, 6.07) is 4.94. The second-order valence-electron chi connectivity index (χ2n) is 4.49. The van der Waals surface area contributed by atoms with Gasteiger partial charge in [-0.15, -0.1) is 0 Å². The van der Waals surface area contributed by atoms with Gasteiger partial charge in [0.15, 0.2) is 11.5 Å². The molecule has 0 saturated heterocycles. The van der Waals surface area contributed by atoms with Crippen LogP contribution in [0.5, 0.6) is 11.5 Å². The molecule has 1 aromatic carbocycles. The largest absolute Gasteiger partial charge is 0.490 e. The van der Waals surface area contributed by atoms with Crippen molar-refractivity contribution in [2.45, 2.75) is 40.0 Å². The summed E-state index contributed by atoms with van der Waals surface area (Å²) in [5.74, 6) is 0.383. The maximum Gasteiger partial charge on any atom is 0.387 e. The molecule has 1 aromatic rings. The number of ether oxygens (including phenoxy) is 3. The number of alkyl halides is 2. The maximum atomic E-state index is 12.3. The molecule has 0 spiro atoms. The highest BCUT2D eigenvalue weighted by molar-refractivity contribution is 5.43. The lowest BCUT2D eigenvalue weighted by Crippen LogP contribution is -2.26. The van der Waals surface area contributed by atoms with Gasteiger partial charge in [0, 0.05) is 19.7 Å². The molecule has 1 unspecified atom stereocenters. The Kier molecular flexibility index (Phi) is 8.00. The lowest BCUT2D eigenvalue weighted by Gasteiger charge is -2.15. The number of halogens is 2. The zero-order valence-corrected chi connectivity index (χ0v) is 12.7. The fourth-order valence-electron chi connectivity index (χ4n) is 1.89. The summed E-state index contributed by atoms with van der Waals surface area (Å²) in [6.07, 6.45) is 0.128. The van der Waals surface area contributed by atoms with Gasteiger partial charge >= 0.3 is 6.61 Å². The van der Waals surface area contributed by atoms with Gasteiger partial charge in [-0.3, -0.25) is 0 Å². The van der Waals surface area contributed by atoms with Gasteiger partial charge in [-0.1, -0.05) is 6.07 Å². The minimum absolute atomic E-state index is 0.0540. The predicted molar refractivity (Wildman–Crippen MR) is 77.0 cm³/mol. The van der Waals surface area contributed by atoms with Gasteiger partial charge in [-0.2, -0.15) is 8.78 Å². The van der Waals surface area contributed by atoms with Crippen molar-refractivity contribution in [3.8, 4) is 11.5 Å². The molecular formula is C15H23F2NO3. The maximum absolute atomic E-state index is 12.3. The number of benzene rings is 1. The Balaban J connectivity index is 2.60. The minimum atomic E-state index is -2.86. The van der Waals surface area contributed by atoms with E-state index in [0.717, 1.165) is 5.56 Å². The van der Waals surface area contributed by atoms with Crippen LogP contribution in [-0.2, 0) is 11.3 Å². The Morgan fingerprint density at radius 3 is 2.52 bits per heavy atom. The summed E-state index contributed by atoms with van der Waals surface area (Å²) in [5, 5.41) is 3.25. The number of rotatable bonds is 10. The van der Waals surface area contributed by atoms with E-state index in [1.165, 1.54) is 6.07 Å². The summed E-state index contributed by atoms with van der Waals surface area (Å²) < 4.78 is 39.8. The predicted octanol–water partition coefficient (Wildman–Crippen LogP) is 3.20. The standard InChI is InChI=1S/C15H23F2NO3/c1-4-19-11(3)9-18-10-12-6-7-13(21-15(16)17)14(8-12)20-5-2/h6-8,11,15,18H,4-5,9-10H2,1-3H3. The topological polar surface area (TPSA) is 39.7 Å². The first kappa shape index (κ1) is 17.7. The number of nitrogens with one attached hydrogen (secondary N) is 1. The number of hydrogen-bond acceptors (Lipinski definition) is 4. The fourth-order valence-corrected chi connectivity index (χ4v) is 1.89. The van der Waals surface area contributed by atoms with Crippen molar-refractivity contribution < 1.29 is 23.0 Å². The van der Waals surface area contributed by atoms with Crippen molar-refractivity contribution in [3.63, 3.8) is 0 Å². The summed E-state index contributed by atoms with van der Waals surface area (Å²) in [5.41, 5.74) is 0.934. The molecule has 6 heteroatoms. The van der Waals surface area contributed by atoms with Crippen LogP contribution in [0, 0.1) is 0 Å². The van der Waals surface area contributed by atoms with Crippen LogP contribution in [-0.4, -0.2) is 32.5 Å². The van der Waals surface area contributed by atoms with Crippen molar-refractivity contribution in [2.24, 2.45) is 0 Å². The van der Waals surface area contributed by atoms with E-state index in [1.807, 2.05) is 13.8 Å². The van der Waals surface area contributed by atoms with Gasteiger partial charge in [0.2, 0.25) is 0 Å². The van der Waals surface area contributed by atoms with Crippen LogP contribution in [0.25, 0.3) is 0 Å². The smallest absolute Gasteiger partial charge is 0.387 e. The molecule has 0 aliphatic heterocycles. The Labute approximate surface area is 124 Å². The summed E-state index contributed by atoms with van der Waals surface area (Å²) in [4.78, 5) is 0. The van der Waals surface area contributed by atoms with E-state index in [-0.39, 0.29) is 11.9 Å². The lowest BCUT2D eigenvalue weighted by molar-refractivity contribution is -0.0514. The van der Waals surface area contributed by atoms with Crippen LogP contribution < -0.4 is 14.8 Å². The summed E-state index contributed by atoms with van der Waals surface area (Å²) in [6.45, 7) is 5.25. The molecule has 21 heavy (non-hydrogen) atoms. The third-order valence-corrected chi connectivity index (χ3v) is 2.74. The Hall–Kier alpha value is -1.40. The van der Waals surface area contributed by atoms with Crippen molar-refractivity contribution >= 4 is 0 Å². The first-order chi connectivity index (χ1) is 10.1. The highest BCUT2D eigenvalue weighted by Gasteiger charge is 2.11. The molecule has 4 nitrogen and oxygen atoms in total. The molecule has 0 aromatic heterocycles. The van der Waals surface area contributed by atoms with Crippen LogP contribution >= 0.6 is 0 Å². The van der Waals surface area contributed by atoms with Crippen molar-refractivity contribution in [1.29, 1.82) is 0 Å². The van der Waals surface area contributed by atoms with Crippen LogP contribution in [0.3, 0.4) is 0 Å². The second-order valence-corrected chi connectivity index (χ2v) is 4.49. The molecule has 0 heterocycles. The van der Waals surface area contributed by atoms with Crippen molar-refractivity contribution in [1.82, 2.24) is 5.32 Å². The van der Waals surface area contributed by atoms with Crippen LogP contribution in [0.1, 0.15) is 26.3 Å². The Morgan fingerprint density at radius 2 is 1.90 bits per heavy atom. The normalized spacial score (nSPS) is 12.5. The van der Waals surface area contributed by atoms with E-state index in [0.29, 0.717) is 32.1 Å². The molecule has 1 rings (SSSR count). The molecule has 0 aliphatic rings. The fraction of sp³-hybridized carbons (Fsp3) is 0.600. The molecule has 0 fully saturated rings. The second kappa shape index (κ2) is 9.52. The Bertz CT molecular complexity index is 416. The average molecular weight is 303 g/mol. The van der Waals surface area contributed by atoms with Gasteiger partial charge in [-0.05, 0) is 38.5 Å². The summed E-state index contributed by atoms with van der Waals surface area (Å²) in [7, 11) is 0. The molecule has 120 valence electrons. The minimum Gasteiger partial charge on any atom is -0.490 e. The van der Waals surface area contributed by atoms with Gasteiger partial charge in [0.25, 0.3) is 0 Å². The molecule has 1 N–H and O–H groups in total. The van der Waals surface area contributed by atoms with E-state index in [4.69, 9.17) is 9.47 Å². The van der Waals surface area contributed by atoms with E-state index >= 15 is 0 Å². The zero-order valence-electron chi connectivity index (χ0n) is 12.7. The molecule has 0 saturated carbocycles. The average Bonchev–Trinajstić information content (AvgIpc) is 2.41. The molecule has 1 atom stereocenters. The van der Waals surface area contributed by atoms with Crippen LogP contribution in [0.4, 0.5) is 8.78 Å². The lowest BCUT2D eigenvalue weighted by atomic mass is 10.2. The molecular weight excluding hydrogens is 280 g/mol. The molecule has 0 bridgehead atoms. The van der Waals surface area contributed by atoms with Gasteiger partial charge in [0.05, 0.1) is 12.7 Å². The number of hydrogen-bond donors (Lipinski definition) is 1. The Morgan fingerprint density at radius 1 is 1.14 bits per heavy atom. The summed E-state index contributed by atoms with van der Waals surface area (Å²) >= 11 is 0.